The molecule has 2 amide bonds. The molecule has 0 bridgehead atoms. The van der Waals surface area contributed by atoms with Gasteiger partial charge in [0, 0.05) is 42.6 Å². The van der Waals surface area contributed by atoms with Gasteiger partial charge in [0.05, 0.1) is 33.1 Å². The van der Waals surface area contributed by atoms with Gasteiger partial charge in [-0.2, -0.15) is 26.3 Å². The molecule has 0 fully saturated rings. The molecule has 17 heteroatoms. The zero-order valence-electron chi connectivity index (χ0n) is 22.7. The quantitative estimate of drug-likeness (QED) is 0.135. The molecule has 232 valence electrons. The average molecular weight is 648 g/mol. The summed E-state index contributed by atoms with van der Waals surface area (Å²) in [6.07, 6.45) is -8.52. The lowest BCUT2D eigenvalue weighted by Crippen LogP contribution is -2.20. The number of alkyl halides is 6. The van der Waals surface area contributed by atoms with E-state index in [0.717, 1.165) is 60.2 Å². The number of aromatic nitrogens is 2. The predicted molar refractivity (Wildman–Crippen MR) is 155 cm³/mol. The molecule has 3 rings (SSSR count). The first-order valence-electron chi connectivity index (χ1n) is 12.4. The zero-order chi connectivity index (χ0) is 31.9. The second kappa shape index (κ2) is 14.3. The highest BCUT2D eigenvalue weighted by atomic mass is 32.2. The van der Waals surface area contributed by atoms with Crippen molar-refractivity contribution in [3.8, 4) is 0 Å². The number of rotatable bonds is 11. The molecule has 1 heterocycles. The van der Waals surface area contributed by atoms with E-state index in [4.69, 9.17) is 11.5 Å². The van der Waals surface area contributed by atoms with Crippen LogP contribution in [0.1, 0.15) is 37.7 Å². The Morgan fingerprint density at radius 2 is 1.19 bits per heavy atom. The maximum absolute atomic E-state index is 13.6. The van der Waals surface area contributed by atoms with Gasteiger partial charge in [-0.05, 0) is 36.8 Å². The Morgan fingerprint density at radius 3 is 1.65 bits per heavy atom. The number of carbonyl (C=O) groups is 2. The van der Waals surface area contributed by atoms with Crippen molar-refractivity contribution in [2.24, 2.45) is 11.5 Å². The number of nitrogens with two attached hydrogens (primary N) is 2. The van der Waals surface area contributed by atoms with Gasteiger partial charge in [-0.25, -0.2) is 9.97 Å². The van der Waals surface area contributed by atoms with E-state index in [-0.39, 0.29) is 47.1 Å². The van der Waals surface area contributed by atoms with Crippen molar-refractivity contribution >= 4 is 52.4 Å². The van der Waals surface area contributed by atoms with Gasteiger partial charge in [0.15, 0.2) is 0 Å². The van der Waals surface area contributed by atoms with Crippen LogP contribution in [0.2, 0.25) is 0 Å². The second-order valence-electron chi connectivity index (χ2n) is 8.79. The largest absolute Gasteiger partial charge is 0.416 e. The summed E-state index contributed by atoms with van der Waals surface area (Å²) in [5, 5.41) is 7.49. The monoisotopic (exact) mass is 647 g/mol. The fraction of sp³-hybridized carbons (Fsp3) is 0.308. The standard InChI is InChI=1S/C26H27F6N7O2S2/c1-13-7-14(25(27,28)29)9-17(21(13)42-5-3-33)38-23(40)19-11-20(37-12-36-19)24(41)39-18-10-15(26(30,31)32)8-16(35-2)22(18)43-6-4-34/h7-12,35H,3-6,33-34H2,1-2H3,(H,38,40)(H,39,41). The van der Waals surface area contributed by atoms with Crippen molar-refractivity contribution in [1.29, 1.82) is 0 Å². The van der Waals surface area contributed by atoms with Crippen LogP contribution in [0.4, 0.5) is 43.4 Å². The molecular formula is C26H27F6N7O2S2. The van der Waals surface area contributed by atoms with Gasteiger partial charge in [-0.15, -0.1) is 23.5 Å². The van der Waals surface area contributed by atoms with Crippen molar-refractivity contribution in [2.45, 2.75) is 29.1 Å². The van der Waals surface area contributed by atoms with Gasteiger partial charge in [0.25, 0.3) is 11.8 Å². The molecule has 0 spiro atoms. The van der Waals surface area contributed by atoms with Gasteiger partial charge in [-0.1, -0.05) is 0 Å². The molecule has 0 saturated heterocycles. The van der Waals surface area contributed by atoms with Crippen LogP contribution in [-0.2, 0) is 12.4 Å². The molecule has 0 atom stereocenters. The van der Waals surface area contributed by atoms with E-state index in [2.05, 4.69) is 25.9 Å². The summed E-state index contributed by atoms with van der Waals surface area (Å²) in [7, 11) is 1.43. The smallest absolute Gasteiger partial charge is 0.387 e. The Labute approximate surface area is 251 Å². The lowest BCUT2D eigenvalue weighted by atomic mass is 10.1. The van der Waals surface area contributed by atoms with Crippen LogP contribution in [0.15, 0.2) is 46.5 Å². The summed E-state index contributed by atoms with van der Waals surface area (Å²) >= 11 is 2.27. The molecule has 3 aromatic rings. The normalized spacial score (nSPS) is 11.8. The van der Waals surface area contributed by atoms with Gasteiger partial charge in [0.1, 0.15) is 17.7 Å². The van der Waals surface area contributed by atoms with E-state index < -0.39 is 35.3 Å². The van der Waals surface area contributed by atoms with Crippen LogP contribution < -0.4 is 27.4 Å². The molecule has 0 aliphatic heterocycles. The average Bonchev–Trinajstić information content (AvgIpc) is 2.94. The lowest BCUT2D eigenvalue weighted by molar-refractivity contribution is -0.138. The van der Waals surface area contributed by atoms with E-state index in [1.54, 1.807) is 0 Å². The van der Waals surface area contributed by atoms with Crippen molar-refractivity contribution in [2.75, 3.05) is 47.6 Å². The fourth-order valence-corrected chi connectivity index (χ4v) is 5.53. The third kappa shape index (κ3) is 8.75. The number of carbonyl (C=O) groups excluding carboxylic acids is 2. The number of anilines is 3. The maximum Gasteiger partial charge on any atom is 0.416 e. The third-order valence-electron chi connectivity index (χ3n) is 5.64. The van der Waals surface area contributed by atoms with Gasteiger partial charge in [0.2, 0.25) is 0 Å². The molecule has 9 nitrogen and oxygen atoms in total. The Kier molecular flexibility index (Phi) is 11.3. The number of amides is 2. The molecule has 0 saturated carbocycles. The SMILES string of the molecule is CNc1cc(C(F)(F)F)cc(NC(=O)c2cc(C(=O)Nc3cc(C(F)(F)F)cc(C)c3SCCN)ncn2)c1SCCN. The fourth-order valence-electron chi connectivity index (χ4n) is 3.75. The van der Waals surface area contributed by atoms with Crippen LogP contribution in [0.5, 0.6) is 0 Å². The van der Waals surface area contributed by atoms with E-state index in [1.807, 2.05) is 0 Å². The molecular weight excluding hydrogens is 620 g/mol. The maximum atomic E-state index is 13.6. The van der Waals surface area contributed by atoms with Crippen molar-refractivity contribution in [3.63, 3.8) is 0 Å². The molecule has 43 heavy (non-hydrogen) atoms. The lowest BCUT2D eigenvalue weighted by Gasteiger charge is -2.18. The Hall–Kier alpha value is -3.54. The number of nitrogens with one attached hydrogen (secondary N) is 3. The van der Waals surface area contributed by atoms with E-state index in [1.165, 1.54) is 14.0 Å². The van der Waals surface area contributed by atoms with Crippen molar-refractivity contribution in [1.82, 2.24) is 9.97 Å². The van der Waals surface area contributed by atoms with E-state index in [0.29, 0.717) is 21.3 Å². The van der Waals surface area contributed by atoms with Gasteiger partial charge < -0.3 is 27.4 Å². The second-order valence-corrected chi connectivity index (χ2v) is 11.0. The molecule has 2 aromatic carbocycles. The van der Waals surface area contributed by atoms with Crippen LogP contribution in [0, 0.1) is 6.92 Å². The topological polar surface area (TPSA) is 148 Å². The van der Waals surface area contributed by atoms with E-state index >= 15 is 0 Å². The highest BCUT2D eigenvalue weighted by Crippen LogP contribution is 2.41. The minimum atomic E-state index is -4.72. The van der Waals surface area contributed by atoms with Crippen LogP contribution in [-0.4, -0.2) is 53.4 Å². The Morgan fingerprint density at radius 1 is 0.744 bits per heavy atom. The van der Waals surface area contributed by atoms with Crippen LogP contribution in [0.3, 0.4) is 0 Å². The Bertz CT molecular complexity index is 1490. The summed E-state index contributed by atoms with van der Waals surface area (Å²) in [6, 6.07) is 4.37. The van der Waals surface area contributed by atoms with Crippen molar-refractivity contribution < 1.29 is 35.9 Å². The number of benzene rings is 2. The number of thioether (sulfide) groups is 2. The number of hydrogen-bond donors (Lipinski definition) is 5. The molecule has 0 aliphatic rings. The summed E-state index contributed by atoms with van der Waals surface area (Å²) < 4.78 is 81.1. The summed E-state index contributed by atoms with van der Waals surface area (Å²) in [5.41, 5.74) is 8.40. The zero-order valence-corrected chi connectivity index (χ0v) is 24.4. The Balaban J connectivity index is 1.95. The number of hydrogen-bond acceptors (Lipinski definition) is 9. The highest BCUT2D eigenvalue weighted by molar-refractivity contribution is 7.99. The van der Waals surface area contributed by atoms with Crippen LogP contribution in [0.25, 0.3) is 0 Å². The molecule has 7 N–H and O–H groups in total. The molecule has 0 aliphatic carbocycles. The first-order valence-corrected chi connectivity index (χ1v) is 14.4. The first kappa shape index (κ1) is 34.0. The molecule has 1 aromatic heterocycles. The summed E-state index contributed by atoms with van der Waals surface area (Å²) in [6.45, 7) is 1.91. The van der Waals surface area contributed by atoms with E-state index in [9.17, 15) is 35.9 Å². The van der Waals surface area contributed by atoms with Crippen molar-refractivity contribution in [3.05, 3.63) is 64.7 Å². The summed E-state index contributed by atoms with van der Waals surface area (Å²) in [5.74, 6) is -1.20. The third-order valence-corrected chi connectivity index (χ3v) is 8.08. The van der Waals surface area contributed by atoms with Gasteiger partial charge in [-0.3, -0.25) is 9.59 Å². The number of aryl methyl sites for hydroxylation is 1. The highest BCUT2D eigenvalue weighted by Gasteiger charge is 2.33. The molecule has 0 radical (unpaired) electrons. The number of halogens is 6. The minimum absolute atomic E-state index is 0.103. The van der Waals surface area contributed by atoms with Gasteiger partial charge >= 0.3 is 12.4 Å². The molecule has 0 unspecified atom stereocenters. The minimum Gasteiger partial charge on any atom is -0.387 e. The van der Waals surface area contributed by atoms with Crippen LogP contribution >= 0.6 is 23.5 Å². The summed E-state index contributed by atoms with van der Waals surface area (Å²) in [4.78, 5) is 34.4. The number of nitrogens with zero attached hydrogens (tertiary/aromatic N) is 2. The first-order chi connectivity index (χ1) is 20.2. The predicted octanol–water partition coefficient (Wildman–Crippen LogP) is 5.47.